The molecule has 0 bridgehead atoms. The van der Waals surface area contributed by atoms with Crippen molar-refractivity contribution >= 4 is 11.6 Å². The van der Waals surface area contributed by atoms with Crippen LogP contribution in [0.2, 0.25) is 0 Å². The fraction of sp³-hybridized carbons (Fsp3) is 0.158. The van der Waals surface area contributed by atoms with Crippen molar-refractivity contribution in [2.45, 2.75) is 13.5 Å². The predicted octanol–water partition coefficient (Wildman–Crippen LogP) is 3.14. The van der Waals surface area contributed by atoms with Crippen molar-refractivity contribution in [3.63, 3.8) is 0 Å². The van der Waals surface area contributed by atoms with Gasteiger partial charge in [0.2, 0.25) is 5.78 Å². The quantitative estimate of drug-likeness (QED) is 0.943. The minimum Gasteiger partial charge on any atom is -0.496 e. The van der Waals surface area contributed by atoms with Gasteiger partial charge in [0.25, 0.3) is 0 Å². The molecule has 23 heavy (non-hydrogen) atoms. The van der Waals surface area contributed by atoms with Gasteiger partial charge in [-0.1, -0.05) is 42.5 Å². The smallest absolute Gasteiger partial charge is 0.213 e. The number of carbonyl (C=O) groups excluding carboxylic acids is 2. The number of carbonyl (C=O) groups is 2. The van der Waals surface area contributed by atoms with Crippen molar-refractivity contribution in [3.8, 4) is 5.75 Å². The van der Waals surface area contributed by atoms with Crippen LogP contribution >= 0.6 is 0 Å². The number of ketones is 2. The zero-order valence-electron chi connectivity index (χ0n) is 13.1. The maximum Gasteiger partial charge on any atom is 0.213 e. The molecule has 2 aromatic carbocycles. The van der Waals surface area contributed by atoms with E-state index in [0.29, 0.717) is 34.7 Å². The molecule has 0 radical (unpaired) electrons. The van der Waals surface area contributed by atoms with E-state index < -0.39 is 0 Å². The number of benzene rings is 2. The zero-order valence-corrected chi connectivity index (χ0v) is 13.1. The Morgan fingerprint density at radius 2 is 1.70 bits per heavy atom. The molecule has 0 aromatic heterocycles. The third kappa shape index (κ3) is 2.63. The fourth-order valence-electron chi connectivity index (χ4n) is 2.73. The van der Waals surface area contributed by atoms with Crippen molar-refractivity contribution in [1.82, 2.24) is 5.32 Å². The van der Waals surface area contributed by atoms with Gasteiger partial charge in [0.1, 0.15) is 5.75 Å². The van der Waals surface area contributed by atoms with E-state index >= 15 is 0 Å². The summed E-state index contributed by atoms with van der Waals surface area (Å²) in [6.45, 7) is 2.16. The number of hydrogen-bond acceptors (Lipinski definition) is 4. The van der Waals surface area contributed by atoms with E-state index in [1.165, 1.54) is 7.11 Å². The topological polar surface area (TPSA) is 55.4 Å². The van der Waals surface area contributed by atoms with Gasteiger partial charge in [0, 0.05) is 17.7 Å². The van der Waals surface area contributed by atoms with Crippen molar-refractivity contribution < 1.29 is 14.3 Å². The molecule has 1 aliphatic rings. The van der Waals surface area contributed by atoms with E-state index in [0.717, 1.165) is 5.56 Å². The van der Waals surface area contributed by atoms with Crippen LogP contribution in [0, 0.1) is 0 Å². The lowest BCUT2D eigenvalue weighted by atomic mass is 9.87. The molecule has 1 N–H and O–H groups in total. The molecule has 0 saturated carbocycles. The minimum atomic E-state index is -0.203. The van der Waals surface area contributed by atoms with Gasteiger partial charge >= 0.3 is 0 Å². The summed E-state index contributed by atoms with van der Waals surface area (Å²) in [4.78, 5) is 25.4. The first kappa shape index (κ1) is 15.0. The monoisotopic (exact) mass is 307 g/mol. The summed E-state index contributed by atoms with van der Waals surface area (Å²) >= 11 is 0. The number of nitrogens with one attached hydrogen (secondary N) is 1. The third-order valence-electron chi connectivity index (χ3n) is 3.97. The molecule has 0 atom stereocenters. The maximum atomic E-state index is 12.8. The number of Topliss-reactive ketones (excluding diaryl/α,β-unsaturated/α-hetero) is 2. The number of allylic oxidation sites excluding steroid dienone is 2. The van der Waals surface area contributed by atoms with Gasteiger partial charge in [-0.05, 0) is 18.6 Å². The van der Waals surface area contributed by atoms with E-state index in [-0.39, 0.29) is 11.6 Å². The van der Waals surface area contributed by atoms with Gasteiger partial charge in [-0.15, -0.1) is 0 Å². The molecule has 0 heterocycles. The molecular weight excluding hydrogens is 290 g/mol. The summed E-state index contributed by atoms with van der Waals surface area (Å²) in [5.74, 6) is 0.0758. The number of ether oxygens (including phenoxy) is 1. The highest BCUT2D eigenvalue weighted by Crippen LogP contribution is 2.31. The van der Waals surface area contributed by atoms with E-state index in [1.807, 2.05) is 30.3 Å². The number of methoxy groups -OCH3 is 1. The van der Waals surface area contributed by atoms with Crippen molar-refractivity contribution in [2.24, 2.45) is 0 Å². The summed E-state index contributed by atoms with van der Waals surface area (Å²) in [5, 5.41) is 3.11. The Labute approximate surface area is 134 Å². The van der Waals surface area contributed by atoms with Gasteiger partial charge in [-0.2, -0.15) is 0 Å². The SMILES string of the molecule is COc1cccc2c1C(=O)C(NCc1ccccc1)=C(C)C2=O. The average Bonchev–Trinajstić information content (AvgIpc) is 2.60. The van der Waals surface area contributed by atoms with Crippen LogP contribution in [-0.2, 0) is 6.54 Å². The Bertz CT molecular complexity index is 807. The Morgan fingerprint density at radius 3 is 2.39 bits per heavy atom. The zero-order chi connectivity index (χ0) is 16.4. The molecule has 3 rings (SSSR count). The molecular formula is C19H17NO3. The number of rotatable bonds is 4. The highest BCUT2D eigenvalue weighted by atomic mass is 16.5. The van der Waals surface area contributed by atoms with E-state index in [1.54, 1.807) is 25.1 Å². The summed E-state index contributed by atoms with van der Waals surface area (Å²) in [7, 11) is 1.50. The second kappa shape index (κ2) is 6.08. The average molecular weight is 307 g/mol. The minimum absolute atomic E-state index is 0.144. The first-order valence-electron chi connectivity index (χ1n) is 7.38. The Kier molecular flexibility index (Phi) is 3.98. The van der Waals surface area contributed by atoms with Crippen LogP contribution in [0.25, 0.3) is 0 Å². The molecule has 0 aliphatic heterocycles. The Hall–Kier alpha value is -2.88. The second-order valence-electron chi connectivity index (χ2n) is 5.38. The second-order valence-corrected chi connectivity index (χ2v) is 5.38. The standard InChI is InChI=1S/C19H17NO3/c1-12-17(20-11-13-7-4-3-5-8-13)19(22)16-14(18(12)21)9-6-10-15(16)23-2/h3-10,20H,11H2,1-2H3. The Balaban J connectivity index is 1.96. The molecule has 4 heteroatoms. The van der Waals surface area contributed by atoms with Crippen LogP contribution in [0.5, 0.6) is 5.75 Å². The lowest BCUT2D eigenvalue weighted by Crippen LogP contribution is -2.29. The lowest BCUT2D eigenvalue weighted by molar-refractivity contribution is 0.0965. The van der Waals surface area contributed by atoms with Crippen LogP contribution in [0.4, 0.5) is 0 Å². The largest absolute Gasteiger partial charge is 0.496 e. The normalized spacial score (nSPS) is 13.8. The number of hydrogen-bond donors (Lipinski definition) is 1. The summed E-state index contributed by atoms with van der Waals surface area (Å²) < 4.78 is 5.25. The van der Waals surface area contributed by atoms with Gasteiger partial charge in [0.05, 0.1) is 18.4 Å². The highest BCUT2D eigenvalue weighted by Gasteiger charge is 2.32. The molecule has 2 aromatic rings. The molecule has 1 aliphatic carbocycles. The molecule has 4 nitrogen and oxygen atoms in total. The molecule has 0 amide bonds. The summed E-state index contributed by atoms with van der Waals surface area (Å²) in [6.07, 6.45) is 0. The molecule has 0 spiro atoms. The lowest BCUT2D eigenvalue weighted by Gasteiger charge is -2.21. The van der Waals surface area contributed by atoms with Gasteiger partial charge < -0.3 is 10.1 Å². The maximum absolute atomic E-state index is 12.8. The van der Waals surface area contributed by atoms with Crippen molar-refractivity contribution in [1.29, 1.82) is 0 Å². The van der Waals surface area contributed by atoms with Gasteiger partial charge in [-0.25, -0.2) is 0 Å². The first-order chi connectivity index (χ1) is 11.1. The van der Waals surface area contributed by atoms with Crippen LogP contribution in [0.1, 0.15) is 33.2 Å². The van der Waals surface area contributed by atoms with Gasteiger partial charge in [-0.3, -0.25) is 9.59 Å². The Morgan fingerprint density at radius 1 is 0.957 bits per heavy atom. The molecule has 0 saturated heterocycles. The van der Waals surface area contributed by atoms with Crippen molar-refractivity contribution in [3.05, 3.63) is 76.5 Å². The van der Waals surface area contributed by atoms with Crippen LogP contribution < -0.4 is 10.1 Å². The van der Waals surface area contributed by atoms with Crippen LogP contribution in [0.15, 0.2) is 59.8 Å². The number of fused-ring (bicyclic) bond motifs is 1. The summed E-state index contributed by atoms with van der Waals surface area (Å²) in [6, 6.07) is 14.8. The van der Waals surface area contributed by atoms with E-state index in [2.05, 4.69) is 5.32 Å². The van der Waals surface area contributed by atoms with Crippen LogP contribution in [-0.4, -0.2) is 18.7 Å². The first-order valence-corrected chi connectivity index (χ1v) is 7.38. The van der Waals surface area contributed by atoms with Crippen LogP contribution in [0.3, 0.4) is 0 Å². The summed E-state index contributed by atoms with van der Waals surface area (Å²) in [5.41, 5.74) is 2.56. The molecule has 0 unspecified atom stereocenters. The van der Waals surface area contributed by atoms with Crippen molar-refractivity contribution in [2.75, 3.05) is 7.11 Å². The third-order valence-corrected chi connectivity index (χ3v) is 3.97. The predicted molar refractivity (Wildman–Crippen MR) is 87.6 cm³/mol. The van der Waals surface area contributed by atoms with E-state index in [4.69, 9.17) is 4.74 Å². The molecule has 116 valence electrons. The fourth-order valence-corrected chi connectivity index (χ4v) is 2.73. The molecule has 0 fully saturated rings. The van der Waals surface area contributed by atoms with Gasteiger partial charge in [0.15, 0.2) is 5.78 Å². The van der Waals surface area contributed by atoms with E-state index in [9.17, 15) is 9.59 Å². The highest BCUT2D eigenvalue weighted by molar-refractivity contribution is 6.27.